The van der Waals surface area contributed by atoms with E-state index in [1.165, 1.54) is 12.1 Å². The topological polar surface area (TPSA) is 61.4 Å². The lowest BCUT2D eigenvalue weighted by Gasteiger charge is -2.24. The normalized spacial score (nSPS) is 20.8. The molecule has 0 aromatic heterocycles. The number of carbonyl (C=O) groups excluding carboxylic acids is 2. The number of nitrogens with zero attached hydrogens (tertiary/aromatic N) is 1. The summed E-state index contributed by atoms with van der Waals surface area (Å²) >= 11 is 0. The molecule has 2 fully saturated rings. The third kappa shape index (κ3) is 3.55. The van der Waals surface area contributed by atoms with Crippen LogP contribution in [0.2, 0.25) is 0 Å². The van der Waals surface area contributed by atoms with Crippen LogP contribution in [0.3, 0.4) is 0 Å². The lowest BCUT2D eigenvalue weighted by Crippen LogP contribution is -2.49. The summed E-state index contributed by atoms with van der Waals surface area (Å²) in [5, 5.41) is 5.76. The van der Waals surface area contributed by atoms with Crippen LogP contribution in [0.1, 0.15) is 31.2 Å². The molecule has 3 amide bonds. The molecule has 2 aliphatic rings. The maximum absolute atomic E-state index is 12.8. The largest absolute Gasteiger partial charge is 0.352 e. The number of hydrogen-bond acceptors (Lipinski definition) is 2. The van der Waals surface area contributed by atoms with E-state index in [2.05, 4.69) is 10.6 Å². The van der Waals surface area contributed by atoms with E-state index in [1.54, 1.807) is 17.0 Å². The van der Waals surface area contributed by atoms with Crippen molar-refractivity contribution in [2.75, 3.05) is 6.54 Å². The Morgan fingerprint density at radius 3 is 2.59 bits per heavy atom. The molecular weight excluding hydrogens is 285 g/mol. The van der Waals surface area contributed by atoms with Crippen molar-refractivity contribution in [2.45, 2.75) is 44.3 Å². The van der Waals surface area contributed by atoms with E-state index in [9.17, 15) is 14.0 Å². The molecule has 3 rings (SSSR count). The molecule has 6 heteroatoms. The molecule has 1 heterocycles. The summed E-state index contributed by atoms with van der Waals surface area (Å²) in [6.07, 6.45) is 3.62. The summed E-state index contributed by atoms with van der Waals surface area (Å²) in [6.45, 7) is 0.921. The van der Waals surface area contributed by atoms with Crippen molar-refractivity contribution in [3.63, 3.8) is 0 Å². The Morgan fingerprint density at radius 2 is 1.91 bits per heavy atom. The van der Waals surface area contributed by atoms with Gasteiger partial charge >= 0.3 is 6.03 Å². The summed E-state index contributed by atoms with van der Waals surface area (Å²) in [5.41, 5.74) is 0.827. The minimum absolute atomic E-state index is 0.0445. The van der Waals surface area contributed by atoms with E-state index >= 15 is 0 Å². The number of nitrogens with one attached hydrogen (secondary N) is 2. The molecule has 118 valence electrons. The Balaban J connectivity index is 1.53. The number of rotatable bonds is 4. The van der Waals surface area contributed by atoms with E-state index in [0.717, 1.165) is 24.8 Å². The van der Waals surface area contributed by atoms with Crippen LogP contribution in [0.15, 0.2) is 24.3 Å². The summed E-state index contributed by atoms with van der Waals surface area (Å²) in [7, 11) is 0. The van der Waals surface area contributed by atoms with Gasteiger partial charge in [0, 0.05) is 19.1 Å². The molecule has 22 heavy (non-hydrogen) atoms. The smallest absolute Gasteiger partial charge is 0.318 e. The highest BCUT2D eigenvalue weighted by Gasteiger charge is 2.36. The summed E-state index contributed by atoms with van der Waals surface area (Å²) in [5.74, 6) is -0.344. The monoisotopic (exact) mass is 305 g/mol. The SMILES string of the molecule is O=C(NC1CC1)C1CCCN1C(=O)NCc1ccc(F)cc1. The van der Waals surface area contributed by atoms with Crippen molar-refractivity contribution in [3.8, 4) is 0 Å². The van der Waals surface area contributed by atoms with Crippen LogP contribution in [0.5, 0.6) is 0 Å². The second-order valence-corrected chi connectivity index (χ2v) is 5.92. The van der Waals surface area contributed by atoms with Gasteiger partial charge in [-0.15, -0.1) is 0 Å². The summed E-state index contributed by atoms with van der Waals surface area (Å²) < 4.78 is 12.8. The quantitative estimate of drug-likeness (QED) is 0.891. The molecular formula is C16H20FN3O2. The molecule has 1 atom stereocenters. The fourth-order valence-corrected chi connectivity index (χ4v) is 2.69. The number of benzene rings is 1. The van der Waals surface area contributed by atoms with Gasteiger partial charge in [0.15, 0.2) is 0 Å². The van der Waals surface area contributed by atoms with E-state index in [1.807, 2.05) is 0 Å². The van der Waals surface area contributed by atoms with Gasteiger partial charge in [0.05, 0.1) is 0 Å². The molecule has 0 spiro atoms. The molecule has 1 aliphatic heterocycles. The van der Waals surface area contributed by atoms with Gasteiger partial charge in [-0.3, -0.25) is 4.79 Å². The average molecular weight is 305 g/mol. The number of carbonyl (C=O) groups is 2. The van der Waals surface area contributed by atoms with Gasteiger partial charge in [0.25, 0.3) is 0 Å². The van der Waals surface area contributed by atoms with Crippen molar-refractivity contribution in [2.24, 2.45) is 0 Å². The van der Waals surface area contributed by atoms with Crippen LogP contribution >= 0.6 is 0 Å². The molecule has 1 aromatic rings. The standard InChI is InChI=1S/C16H20FN3O2/c17-12-5-3-11(4-6-12)10-18-16(22)20-9-1-2-14(20)15(21)19-13-7-8-13/h3-6,13-14H,1-2,7-10H2,(H,18,22)(H,19,21). The zero-order valence-electron chi connectivity index (χ0n) is 12.3. The van der Waals surface area contributed by atoms with Crippen molar-refractivity contribution >= 4 is 11.9 Å². The zero-order chi connectivity index (χ0) is 15.5. The second kappa shape index (κ2) is 6.34. The molecule has 0 radical (unpaired) electrons. The number of hydrogen-bond donors (Lipinski definition) is 2. The Kier molecular flexibility index (Phi) is 4.27. The van der Waals surface area contributed by atoms with Crippen molar-refractivity contribution < 1.29 is 14.0 Å². The zero-order valence-corrected chi connectivity index (χ0v) is 12.3. The fourth-order valence-electron chi connectivity index (χ4n) is 2.69. The van der Waals surface area contributed by atoms with Crippen molar-refractivity contribution in [1.82, 2.24) is 15.5 Å². The van der Waals surface area contributed by atoms with E-state index in [4.69, 9.17) is 0 Å². The Morgan fingerprint density at radius 1 is 1.18 bits per heavy atom. The molecule has 1 saturated carbocycles. The maximum atomic E-state index is 12.8. The van der Waals surface area contributed by atoms with E-state index < -0.39 is 0 Å². The Bertz CT molecular complexity index is 557. The molecule has 1 unspecified atom stereocenters. The maximum Gasteiger partial charge on any atom is 0.318 e. The van der Waals surface area contributed by atoms with Crippen LogP contribution in [0.25, 0.3) is 0 Å². The molecule has 1 aliphatic carbocycles. The molecule has 1 saturated heterocycles. The van der Waals surface area contributed by atoms with Gasteiger partial charge in [-0.25, -0.2) is 9.18 Å². The minimum atomic E-state index is -0.367. The van der Waals surface area contributed by atoms with Crippen molar-refractivity contribution in [1.29, 1.82) is 0 Å². The highest BCUT2D eigenvalue weighted by molar-refractivity contribution is 5.88. The summed E-state index contributed by atoms with van der Waals surface area (Å²) in [4.78, 5) is 26.0. The molecule has 1 aromatic carbocycles. The van der Waals surface area contributed by atoms with Gasteiger partial charge in [-0.2, -0.15) is 0 Å². The van der Waals surface area contributed by atoms with Gasteiger partial charge in [-0.05, 0) is 43.4 Å². The first-order chi connectivity index (χ1) is 10.6. The van der Waals surface area contributed by atoms with Gasteiger partial charge in [0.2, 0.25) is 5.91 Å². The first-order valence-electron chi connectivity index (χ1n) is 7.73. The fraction of sp³-hybridized carbons (Fsp3) is 0.500. The number of amides is 3. The van der Waals surface area contributed by atoms with Crippen LogP contribution in [-0.2, 0) is 11.3 Å². The lowest BCUT2D eigenvalue weighted by atomic mass is 10.2. The molecule has 2 N–H and O–H groups in total. The van der Waals surface area contributed by atoms with E-state index in [0.29, 0.717) is 25.6 Å². The van der Waals surface area contributed by atoms with Gasteiger partial charge < -0.3 is 15.5 Å². The van der Waals surface area contributed by atoms with Crippen LogP contribution in [-0.4, -0.2) is 35.5 Å². The number of halogens is 1. The van der Waals surface area contributed by atoms with Crippen molar-refractivity contribution in [3.05, 3.63) is 35.6 Å². The third-order valence-corrected chi connectivity index (χ3v) is 4.10. The summed E-state index contributed by atoms with van der Waals surface area (Å²) in [6, 6.07) is 5.70. The highest BCUT2D eigenvalue weighted by Crippen LogP contribution is 2.22. The first-order valence-corrected chi connectivity index (χ1v) is 7.73. The molecule has 0 bridgehead atoms. The van der Waals surface area contributed by atoms with E-state index in [-0.39, 0.29) is 23.8 Å². The van der Waals surface area contributed by atoms with Gasteiger partial charge in [0.1, 0.15) is 11.9 Å². The second-order valence-electron chi connectivity index (χ2n) is 5.92. The highest BCUT2D eigenvalue weighted by atomic mass is 19.1. The third-order valence-electron chi connectivity index (χ3n) is 4.10. The average Bonchev–Trinajstić information content (AvgIpc) is 3.18. The Hall–Kier alpha value is -2.11. The number of likely N-dealkylation sites (tertiary alicyclic amines) is 1. The van der Waals surface area contributed by atoms with Crippen LogP contribution < -0.4 is 10.6 Å². The minimum Gasteiger partial charge on any atom is -0.352 e. The van der Waals surface area contributed by atoms with Crippen LogP contribution in [0.4, 0.5) is 9.18 Å². The Labute approximate surface area is 128 Å². The van der Waals surface area contributed by atoms with Crippen LogP contribution in [0, 0.1) is 5.82 Å². The lowest BCUT2D eigenvalue weighted by molar-refractivity contribution is -0.124. The predicted octanol–water partition coefficient (Wildman–Crippen LogP) is 1.78. The molecule has 5 nitrogen and oxygen atoms in total. The first kappa shape index (κ1) is 14.8. The number of urea groups is 1. The predicted molar refractivity (Wildman–Crippen MR) is 79.5 cm³/mol. The van der Waals surface area contributed by atoms with Gasteiger partial charge in [-0.1, -0.05) is 12.1 Å².